The molecule has 0 heterocycles. The summed E-state index contributed by atoms with van der Waals surface area (Å²) in [6.45, 7) is 9.39. The molecule has 0 saturated heterocycles. The van der Waals surface area contributed by atoms with Crippen molar-refractivity contribution in [2.45, 2.75) is 43.9 Å². The molecule has 0 radical (unpaired) electrons. The Bertz CT molecular complexity index is 511. The van der Waals surface area contributed by atoms with E-state index in [1.54, 1.807) is 0 Å². The quantitative estimate of drug-likeness (QED) is 0.604. The number of hydrogen-bond acceptors (Lipinski definition) is 1. The molecule has 0 amide bonds. The van der Waals surface area contributed by atoms with E-state index in [9.17, 15) is 0 Å². The first-order valence-electron chi connectivity index (χ1n) is 6.53. The number of rotatable bonds is 4. The molecule has 96 valence electrons. The highest BCUT2D eigenvalue weighted by Gasteiger charge is 2.18. The Morgan fingerprint density at radius 2 is 1.44 bits per heavy atom. The Morgan fingerprint density at radius 3 is 2.06 bits per heavy atom. The van der Waals surface area contributed by atoms with Gasteiger partial charge in [0.15, 0.2) is 0 Å². The summed E-state index contributed by atoms with van der Waals surface area (Å²) in [5.41, 5.74) is 1.55. The van der Waals surface area contributed by atoms with Crippen LogP contribution in [0.15, 0.2) is 47.4 Å². The van der Waals surface area contributed by atoms with E-state index in [2.05, 4.69) is 81.5 Å². The van der Waals surface area contributed by atoms with Crippen LogP contribution in [0.2, 0.25) is 0 Å². The lowest BCUT2D eigenvalue weighted by Gasteiger charge is -2.24. The van der Waals surface area contributed by atoms with Gasteiger partial charge in [0.2, 0.25) is 0 Å². The lowest BCUT2D eigenvalue weighted by molar-refractivity contribution is 1.03. The molecule has 2 rings (SSSR count). The maximum absolute atomic E-state index is 2.35. The second-order valence-corrected chi connectivity index (χ2v) is 10.4. The van der Waals surface area contributed by atoms with Gasteiger partial charge in [-0.2, -0.15) is 0 Å². The van der Waals surface area contributed by atoms with E-state index in [1.807, 2.05) is 0 Å². The average molecular weight is 276 g/mol. The molecular weight excluding hydrogens is 255 g/mol. The molecule has 0 unspecified atom stereocenters. The molecule has 0 aliphatic heterocycles. The predicted molar refractivity (Wildman–Crippen MR) is 87.0 cm³/mol. The van der Waals surface area contributed by atoms with E-state index in [0.29, 0.717) is 0 Å². The molecular formula is C16H21PS. The van der Waals surface area contributed by atoms with Gasteiger partial charge >= 0.3 is 0 Å². The van der Waals surface area contributed by atoms with Crippen LogP contribution in [0.3, 0.4) is 0 Å². The molecule has 0 aliphatic carbocycles. The minimum absolute atomic E-state index is 0.00634. The van der Waals surface area contributed by atoms with Crippen LogP contribution in [-0.4, -0.2) is 11.3 Å². The van der Waals surface area contributed by atoms with Crippen molar-refractivity contribution in [1.29, 1.82) is 0 Å². The van der Waals surface area contributed by atoms with E-state index < -0.39 is 0 Å². The molecule has 0 spiro atoms. The lowest BCUT2D eigenvalue weighted by atomic mass is 10.1. The van der Waals surface area contributed by atoms with E-state index in [0.717, 1.165) is 11.3 Å². The Balaban J connectivity index is 2.25. The molecule has 0 fully saturated rings. The molecule has 0 nitrogen and oxygen atoms in total. The first kappa shape index (κ1) is 13.9. The summed E-state index contributed by atoms with van der Waals surface area (Å²) in [5.74, 6) is 0. The van der Waals surface area contributed by atoms with Crippen molar-refractivity contribution < 1.29 is 0 Å². The van der Waals surface area contributed by atoms with Gasteiger partial charge in [0, 0.05) is 4.90 Å². The van der Waals surface area contributed by atoms with Crippen molar-refractivity contribution in [2.24, 2.45) is 0 Å². The summed E-state index contributed by atoms with van der Waals surface area (Å²) in [7, 11) is 0.00634. The SMILES string of the molecule is CC(C)P(Sc1ccc2ccccc2c1)C(C)C. The second kappa shape index (κ2) is 6.08. The third-order valence-electron chi connectivity index (χ3n) is 2.95. The van der Waals surface area contributed by atoms with Crippen LogP contribution < -0.4 is 0 Å². The molecule has 2 heteroatoms. The molecule has 2 aromatic carbocycles. The van der Waals surface area contributed by atoms with Crippen LogP contribution in [-0.2, 0) is 0 Å². The van der Waals surface area contributed by atoms with Crippen molar-refractivity contribution in [3.63, 3.8) is 0 Å². The zero-order valence-electron chi connectivity index (χ0n) is 11.6. The van der Waals surface area contributed by atoms with E-state index in [-0.39, 0.29) is 7.12 Å². The Labute approximate surface area is 116 Å². The van der Waals surface area contributed by atoms with Crippen molar-refractivity contribution >= 4 is 29.3 Å². The first-order valence-corrected chi connectivity index (χ1v) is 9.43. The van der Waals surface area contributed by atoms with Gasteiger partial charge in [-0.3, -0.25) is 0 Å². The largest absolute Gasteiger partial charge is 0.0981 e. The van der Waals surface area contributed by atoms with E-state index in [4.69, 9.17) is 0 Å². The normalized spacial score (nSPS) is 11.9. The Morgan fingerprint density at radius 1 is 0.833 bits per heavy atom. The van der Waals surface area contributed by atoms with E-state index in [1.165, 1.54) is 15.7 Å². The summed E-state index contributed by atoms with van der Waals surface area (Å²) in [5, 5.41) is 2.69. The maximum atomic E-state index is 2.35. The highest BCUT2D eigenvalue weighted by atomic mass is 32.7. The third kappa shape index (κ3) is 3.28. The van der Waals surface area contributed by atoms with Crippen molar-refractivity contribution in [2.75, 3.05) is 0 Å². The van der Waals surface area contributed by atoms with Gasteiger partial charge in [-0.25, -0.2) is 0 Å². The molecule has 18 heavy (non-hydrogen) atoms. The molecule has 0 saturated carbocycles. The van der Waals surface area contributed by atoms with Gasteiger partial charge in [0.25, 0.3) is 0 Å². The highest BCUT2D eigenvalue weighted by molar-refractivity contribution is 8.56. The number of fused-ring (bicyclic) bond motifs is 1. The summed E-state index contributed by atoms with van der Waals surface area (Å²) >= 11 is 2.08. The fourth-order valence-electron chi connectivity index (χ4n) is 2.15. The zero-order chi connectivity index (χ0) is 13.1. The summed E-state index contributed by atoms with van der Waals surface area (Å²) in [4.78, 5) is 1.42. The molecule has 0 aromatic heterocycles. The molecule has 2 aromatic rings. The molecule has 0 atom stereocenters. The van der Waals surface area contributed by atoms with Gasteiger partial charge in [-0.1, -0.05) is 69.4 Å². The topological polar surface area (TPSA) is 0 Å². The minimum atomic E-state index is 0.00634. The maximum Gasteiger partial charge on any atom is 0.0122 e. The zero-order valence-corrected chi connectivity index (χ0v) is 13.3. The van der Waals surface area contributed by atoms with Gasteiger partial charge in [-0.15, -0.1) is 0 Å². The van der Waals surface area contributed by atoms with Gasteiger partial charge < -0.3 is 0 Å². The Kier molecular flexibility index (Phi) is 4.70. The third-order valence-corrected chi connectivity index (χ3v) is 9.46. The number of benzene rings is 2. The first-order chi connectivity index (χ1) is 8.58. The lowest BCUT2D eigenvalue weighted by Crippen LogP contribution is -1.99. The Hall–Kier alpha value is -0.520. The van der Waals surface area contributed by atoms with Crippen LogP contribution >= 0.6 is 18.5 Å². The van der Waals surface area contributed by atoms with Crippen molar-refractivity contribution in [1.82, 2.24) is 0 Å². The molecule has 0 aliphatic rings. The second-order valence-electron chi connectivity index (χ2n) is 5.15. The fraction of sp³-hybridized carbons (Fsp3) is 0.375. The van der Waals surface area contributed by atoms with Crippen molar-refractivity contribution in [3.05, 3.63) is 42.5 Å². The number of hydrogen-bond donors (Lipinski definition) is 0. The minimum Gasteiger partial charge on any atom is -0.0981 e. The van der Waals surface area contributed by atoms with Gasteiger partial charge in [-0.05, 0) is 41.3 Å². The van der Waals surface area contributed by atoms with E-state index >= 15 is 0 Å². The van der Waals surface area contributed by atoms with Gasteiger partial charge in [0.1, 0.15) is 0 Å². The standard InChI is InChI=1S/C16H21PS/c1-12(2)17(13(3)4)18-16-10-9-14-7-5-6-8-15(14)11-16/h5-13H,1-4H3. The summed E-state index contributed by atoms with van der Waals surface area (Å²) in [6, 6.07) is 15.4. The summed E-state index contributed by atoms with van der Waals surface area (Å²) in [6.07, 6.45) is 0. The van der Waals surface area contributed by atoms with Crippen LogP contribution in [0.1, 0.15) is 27.7 Å². The van der Waals surface area contributed by atoms with Crippen LogP contribution in [0, 0.1) is 0 Å². The van der Waals surface area contributed by atoms with Crippen LogP contribution in [0.5, 0.6) is 0 Å². The summed E-state index contributed by atoms with van der Waals surface area (Å²) < 4.78 is 0. The smallest absolute Gasteiger partial charge is 0.0122 e. The monoisotopic (exact) mass is 276 g/mol. The molecule has 0 N–H and O–H groups in total. The van der Waals surface area contributed by atoms with Crippen LogP contribution in [0.25, 0.3) is 10.8 Å². The average Bonchev–Trinajstić information content (AvgIpc) is 2.35. The molecule has 0 bridgehead atoms. The van der Waals surface area contributed by atoms with Gasteiger partial charge in [0.05, 0.1) is 0 Å². The highest BCUT2D eigenvalue weighted by Crippen LogP contribution is 2.60. The van der Waals surface area contributed by atoms with Crippen LogP contribution in [0.4, 0.5) is 0 Å². The predicted octanol–water partition coefficient (Wildman–Crippen LogP) is 6.15. The fourth-order valence-corrected chi connectivity index (χ4v) is 6.66. The van der Waals surface area contributed by atoms with Crippen molar-refractivity contribution in [3.8, 4) is 0 Å².